The predicted molar refractivity (Wildman–Crippen MR) is 80.3 cm³/mol. The molecule has 0 heterocycles. The molecule has 108 valence electrons. The highest BCUT2D eigenvalue weighted by molar-refractivity contribution is 5.60. The summed E-state index contributed by atoms with van der Waals surface area (Å²) in [7, 11) is 5.40. The monoisotopic (exact) mass is 266 g/mol. The maximum absolute atomic E-state index is 5.77. The van der Waals surface area contributed by atoms with Crippen LogP contribution >= 0.6 is 0 Å². The topological polar surface area (TPSA) is 47.7 Å². The Hall–Kier alpha value is -1.42. The molecular weight excluding hydrogens is 240 g/mol. The van der Waals surface area contributed by atoms with Gasteiger partial charge < -0.3 is 20.1 Å². The predicted octanol–water partition coefficient (Wildman–Crippen LogP) is 2.52. The first kappa shape index (κ1) is 15.6. The van der Waals surface area contributed by atoms with E-state index in [9.17, 15) is 0 Å². The van der Waals surface area contributed by atoms with Gasteiger partial charge in [-0.2, -0.15) is 0 Å². The van der Waals surface area contributed by atoms with Gasteiger partial charge in [0.25, 0.3) is 0 Å². The number of hydrogen-bond acceptors (Lipinski definition) is 4. The molecule has 0 aliphatic rings. The molecule has 0 amide bonds. The van der Waals surface area contributed by atoms with Crippen molar-refractivity contribution in [2.45, 2.75) is 20.3 Å². The van der Waals surface area contributed by atoms with Crippen molar-refractivity contribution in [2.75, 3.05) is 39.3 Å². The molecule has 0 radical (unpaired) electrons. The molecule has 4 heteroatoms. The SMILES string of the molecule is COc1ccc(N(C)CCC(C)(C)CN)c(OC)c1. The summed E-state index contributed by atoms with van der Waals surface area (Å²) in [6.07, 6.45) is 1.04. The van der Waals surface area contributed by atoms with Crippen LogP contribution in [0.2, 0.25) is 0 Å². The molecule has 4 nitrogen and oxygen atoms in total. The molecule has 1 aromatic carbocycles. The average molecular weight is 266 g/mol. The van der Waals surface area contributed by atoms with Crippen molar-refractivity contribution < 1.29 is 9.47 Å². The lowest BCUT2D eigenvalue weighted by Crippen LogP contribution is -2.29. The summed E-state index contributed by atoms with van der Waals surface area (Å²) in [6.45, 7) is 6.01. The molecule has 0 aliphatic heterocycles. The fourth-order valence-corrected chi connectivity index (χ4v) is 1.79. The summed E-state index contributed by atoms with van der Waals surface area (Å²) >= 11 is 0. The molecule has 1 rings (SSSR count). The number of benzene rings is 1. The van der Waals surface area contributed by atoms with Crippen LogP contribution in [-0.4, -0.2) is 34.4 Å². The van der Waals surface area contributed by atoms with Crippen LogP contribution in [0.3, 0.4) is 0 Å². The maximum atomic E-state index is 5.77. The minimum atomic E-state index is 0.161. The number of hydrogen-bond donors (Lipinski definition) is 1. The van der Waals surface area contributed by atoms with Gasteiger partial charge in [-0.15, -0.1) is 0 Å². The van der Waals surface area contributed by atoms with E-state index in [0.29, 0.717) is 6.54 Å². The maximum Gasteiger partial charge on any atom is 0.145 e. The van der Waals surface area contributed by atoms with E-state index < -0.39 is 0 Å². The van der Waals surface area contributed by atoms with Gasteiger partial charge in [0, 0.05) is 19.7 Å². The van der Waals surface area contributed by atoms with Crippen molar-refractivity contribution in [3.05, 3.63) is 18.2 Å². The molecule has 0 spiro atoms. The molecule has 0 unspecified atom stereocenters. The van der Waals surface area contributed by atoms with Gasteiger partial charge in [-0.1, -0.05) is 13.8 Å². The first-order valence-electron chi connectivity index (χ1n) is 6.57. The molecule has 19 heavy (non-hydrogen) atoms. The third-order valence-electron chi connectivity index (χ3n) is 3.47. The van der Waals surface area contributed by atoms with Gasteiger partial charge in [-0.05, 0) is 30.5 Å². The highest BCUT2D eigenvalue weighted by Crippen LogP contribution is 2.32. The molecule has 0 saturated carbocycles. The highest BCUT2D eigenvalue weighted by Gasteiger charge is 2.17. The molecule has 0 aliphatic carbocycles. The number of nitrogens with two attached hydrogens (primary N) is 1. The molecule has 0 saturated heterocycles. The molecule has 0 bridgehead atoms. The summed E-state index contributed by atoms with van der Waals surface area (Å²) in [5, 5.41) is 0. The van der Waals surface area contributed by atoms with Crippen LogP contribution in [0.4, 0.5) is 5.69 Å². The van der Waals surface area contributed by atoms with Crippen LogP contribution in [0.15, 0.2) is 18.2 Å². The van der Waals surface area contributed by atoms with Crippen LogP contribution in [-0.2, 0) is 0 Å². The lowest BCUT2D eigenvalue weighted by atomic mass is 9.89. The Morgan fingerprint density at radius 3 is 2.42 bits per heavy atom. The number of methoxy groups -OCH3 is 2. The molecule has 1 aromatic rings. The van der Waals surface area contributed by atoms with E-state index in [1.165, 1.54) is 0 Å². The van der Waals surface area contributed by atoms with Crippen molar-refractivity contribution in [1.82, 2.24) is 0 Å². The lowest BCUT2D eigenvalue weighted by Gasteiger charge is -2.28. The van der Waals surface area contributed by atoms with Gasteiger partial charge in [0.1, 0.15) is 11.5 Å². The Balaban J connectivity index is 2.79. The van der Waals surface area contributed by atoms with Crippen molar-refractivity contribution in [3.63, 3.8) is 0 Å². The minimum Gasteiger partial charge on any atom is -0.497 e. The van der Waals surface area contributed by atoms with Gasteiger partial charge in [-0.25, -0.2) is 0 Å². The lowest BCUT2D eigenvalue weighted by molar-refractivity contribution is 0.350. The zero-order chi connectivity index (χ0) is 14.5. The summed E-state index contributed by atoms with van der Waals surface area (Å²) < 4.78 is 10.6. The summed E-state index contributed by atoms with van der Waals surface area (Å²) in [5.74, 6) is 1.63. The third kappa shape index (κ3) is 4.31. The van der Waals surface area contributed by atoms with Crippen LogP contribution in [0, 0.1) is 5.41 Å². The number of ether oxygens (including phenoxy) is 2. The second-order valence-corrected chi connectivity index (χ2v) is 5.58. The average Bonchev–Trinajstić information content (AvgIpc) is 2.44. The third-order valence-corrected chi connectivity index (χ3v) is 3.47. The first-order valence-corrected chi connectivity index (χ1v) is 6.57. The van der Waals surface area contributed by atoms with Gasteiger partial charge >= 0.3 is 0 Å². The fourth-order valence-electron chi connectivity index (χ4n) is 1.79. The molecule has 2 N–H and O–H groups in total. The number of anilines is 1. The molecular formula is C15H26N2O2. The van der Waals surface area contributed by atoms with E-state index in [0.717, 1.165) is 30.2 Å². The summed E-state index contributed by atoms with van der Waals surface area (Å²) in [5.41, 5.74) is 6.99. The van der Waals surface area contributed by atoms with E-state index in [1.807, 2.05) is 18.2 Å². The van der Waals surface area contributed by atoms with Gasteiger partial charge in [-0.3, -0.25) is 0 Å². The van der Waals surface area contributed by atoms with E-state index in [2.05, 4.69) is 25.8 Å². The van der Waals surface area contributed by atoms with E-state index in [-0.39, 0.29) is 5.41 Å². The Morgan fingerprint density at radius 2 is 1.89 bits per heavy atom. The van der Waals surface area contributed by atoms with Crippen molar-refractivity contribution in [1.29, 1.82) is 0 Å². The Labute approximate surface area is 116 Å². The molecule has 0 atom stereocenters. The number of rotatable bonds is 7. The zero-order valence-corrected chi connectivity index (χ0v) is 12.7. The van der Waals surface area contributed by atoms with E-state index >= 15 is 0 Å². The Kier molecular flexibility index (Phi) is 5.48. The summed E-state index contributed by atoms with van der Waals surface area (Å²) in [4.78, 5) is 2.19. The van der Waals surface area contributed by atoms with Crippen LogP contribution in [0.1, 0.15) is 20.3 Å². The second kappa shape index (κ2) is 6.66. The number of nitrogens with zero attached hydrogens (tertiary/aromatic N) is 1. The Bertz CT molecular complexity index is 405. The van der Waals surface area contributed by atoms with Crippen LogP contribution in [0.25, 0.3) is 0 Å². The minimum absolute atomic E-state index is 0.161. The van der Waals surface area contributed by atoms with E-state index in [4.69, 9.17) is 15.2 Å². The van der Waals surface area contributed by atoms with Gasteiger partial charge in [0.2, 0.25) is 0 Å². The quantitative estimate of drug-likeness (QED) is 0.824. The smallest absolute Gasteiger partial charge is 0.145 e. The molecule has 0 aromatic heterocycles. The largest absolute Gasteiger partial charge is 0.497 e. The first-order chi connectivity index (χ1) is 8.93. The Morgan fingerprint density at radius 1 is 1.21 bits per heavy atom. The van der Waals surface area contributed by atoms with Crippen LogP contribution < -0.4 is 20.1 Å². The van der Waals surface area contributed by atoms with Crippen molar-refractivity contribution >= 4 is 5.69 Å². The van der Waals surface area contributed by atoms with Gasteiger partial charge in [0.15, 0.2) is 0 Å². The fraction of sp³-hybridized carbons (Fsp3) is 0.600. The summed E-state index contributed by atoms with van der Waals surface area (Å²) in [6, 6.07) is 5.87. The second-order valence-electron chi connectivity index (χ2n) is 5.58. The van der Waals surface area contributed by atoms with E-state index in [1.54, 1.807) is 14.2 Å². The highest BCUT2D eigenvalue weighted by atomic mass is 16.5. The zero-order valence-electron chi connectivity index (χ0n) is 12.7. The van der Waals surface area contributed by atoms with Gasteiger partial charge in [0.05, 0.1) is 19.9 Å². The standard InChI is InChI=1S/C15H26N2O2/c1-15(2,11-16)8-9-17(3)13-7-6-12(18-4)10-14(13)19-5/h6-7,10H,8-9,11,16H2,1-5H3. The normalized spacial score (nSPS) is 11.3. The van der Waals surface area contributed by atoms with Crippen molar-refractivity contribution in [2.24, 2.45) is 11.1 Å². The molecule has 0 fully saturated rings. The van der Waals surface area contributed by atoms with Crippen molar-refractivity contribution in [3.8, 4) is 11.5 Å². The van der Waals surface area contributed by atoms with Crippen LogP contribution in [0.5, 0.6) is 11.5 Å².